The molecule has 19 heavy (non-hydrogen) atoms. The molecule has 1 atom stereocenters. The second-order valence-corrected chi connectivity index (χ2v) is 5.59. The lowest BCUT2D eigenvalue weighted by molar-refractivity contribution is 0.633. The molecule has 3 N–H and O–H groups in total. The van der Waals surface area contributed by atoms with Crippen molar-refractivity contribution in [1.29, 1.82) is 0 Å². The van der Waals surface area contributed by atoms with Crippen LogP contribution < -0.4 is 11.3 Å². The number of halogens is 1. The molecule has 0 radical (unpaired) electrons. The number of rotatable bonds is 3. The predicted molar refractivity (Wildman–Crippen MR) is 81.8 cm³/mol. The molecule has 0 fully saturated rings. The fourth-order valence-electron chi connectivity index (χ4n) is 2.18. The van der Waals surface area contributed by atoms with E-state index in [9.17, 15) is 0 Å². The molecule has 0 amide bonds. The molecule has 0 bridgehead atoms. The maximum Gasteiger partial charge on any atom is 0.0725 e. The first kappa shape index (κ1) is 14.2. The topological polar surface area (TPSA) is 50.9 Å². The lowest BCUT2D eigenvalue weighted by Crippen LogP contribution is -2.29. The first-order chi connectivity index (χ1) is 9.02. The van der Waals surface area contributed by atoms with Gasteiger partial charge >= 0.3 is 0 Å². The summed E-state index contributed by atoms with van der Waals surface area (Å²) in [4.78, 5) is 4.33. The van der Waals surface area contributed by atoms with E-state index in [4.69, 9.17) is 5.84 Å². The second-order valence-electron chi connectivity index (χ2n) is 4.80. The summed E-state index contributed by atoms with van der Waals surface area (Å²) in [6.45, 7) is 6.14. The molecule has 4 heteroatoms. The van der Waals surface area contributed by atoms with Gasteiger partial charge in [0.15, 0.2) is 0 Å². The number of aryl methyl sites for hydroxylation is 3. The molecule has 0 saturated carbocycles. The van der Waals surface area contributed by atoms with Crippen LogP contribution in [0.3, 0.4) is 0 Å². The molecule has 0 saturated heterocycles. The van der Waals surface area contributed by atoms with Crippen LogP contribution in [0.15, 0.2) is 34.9 Å². The van der Waals surface area contributed by atoms with Crippen LogP contribution in [0, 0.1) is 20.8 Å². The number of nitrogens with zero attached hydrogens (tertiary/aromatic N) is 1. The molecule has 2 aromatic rings. The number of benzene rings is 1. The Balaban J connectivity index is 2.45. The largest absolute Gasteiger partial charge is 0.271 e. The molecular formula is C15H18BrN3. The lowest BCUT2D eigenvalue weighted by Gasteiger charge is -2.18. The molecule has 2 rings (SSSR count). The van der Waals surface area contributed by atoms with E-state index in [-0.39, 0.29) is 6.04 Å². The van der Waals surface area contributed by atoms with Gasteiger partial charge in [-0.2, -0.15) is 0 Å². The van der Waals surface area contributed by atoms with Crippen LogP contribution >= 0.6 is 15.9 Å². The SMILES string of the molecule is Cc1ccc(C(NN)c2cc(C)c(Br)c(C)c2)cn1. The summed E-state index contributed by atoms with van der Waals surface area (Å²) in [5.74, 6) is 5.72. The average Bonchev–Trinajstić information content (AvgIpc) is 2.39. The minimum atomic E-state index is -0.0430. The normalized spacial score (nSPS) is 12.5. The number of hydrazine groups is 1. The van der Waals surface area contributed by atoms with Crippen molar-refractivity contribution in [3.05, 3.63) is 62.9 Å². The first-order valence-corrected chi connectivity index (χ1v) is 6.97. The van der Waals surface area contributed by atoms with Crippen molar-refractivity contribution in [2.24, 2.45) is 5.84 Å². The van der Waals surface area contributed by atoms with Crippen LogP contribution in [0.4, 0.5) is 0 Å². The monoisotopic (exact) mass is 319 g/mol. The minimum absolute atomic E-state index is 0.0430. The zero-order valence-electron chi connectivity index (χ0n) is 11.4. The van der Waals surface area contributed by atoms with E-state index < -0.39 is 0 Å². The Morgan fingerprint density at radius 3 is 2.21 bits per heavy atom. The summed E-state index contributed by atoms with van der Waals surface area (Å²) in [6, 6.07) is 8.29. The van der Waals surface area contributed by atoms with Gasteiger partial charge in [0.2, 0.25) is 0 Å². The van der Waals surface area contributed by atoms with Crippen molar-refractivity contribution in [2.45, 2.75) is 26.8 Å². The Hall–Kier alpha value is -1.23. The van der Waals surface area contributed by atoms with Crippen molar-refractivity contribution in [3.8, 4) is 0 Å². The van der Waals surface area contributed by atoms with Crippen LogP contribution in [0.2, 0.25) is 0 Å². The van der Waals surface area contributed by atoms with Crippen molar-refractivity contribution >= 4 is 15.9 Å². The summed E-state index contributed by atoms with van der Waals surface area (Å²) in [5.41, 5.74) is 8.49. The first-order valence-electron chi connectivity index (χ1n) is 6.18. The molecule has 0 aliphatic heterocycles. The van der Waals surface area contributed by atoms with Gasteiger partial charge in [-0.25, -0.2) is 5.43 Å². The van der Waals surface area contributed by atoms with Gasteiger partial charge in [-0.15, -0.1) is 0 Å². The summed E-state index contributed by atoms with van der Waals surface area (Å²) >= 11 is 3.59. The van der Waals surface area contributed by atoms with Gasteiger partial charge in [0.25, 0.3) is 0 Å². The highest BCUT2D eigenvalue weighted by molar-refractivity contribution is 9.10. The smallest absolute Gasteiger partial charge is 0.0725 e. The second kappa shape index (κ2) is 5.82. The Labute approximate surface area is 122 Å². The number of aromatic nitrogens is 1. The number of hydrogen-bond donors (Lipinski definition) is 2. The van der Waals surface area contributed by atoms with Crippen molar-refractivity contribution in [1.82, 2.24) is 10.4 Å². The summed E-state index contributed by atoms with van der Waals surface area (Å²) < 4.78 is 1.15. The van der Waals surface area contributed by atoms with Crippen LogP contribution in [0.25, 0.3) is 0 Å². The van der Waals surface area contributed by atoms with Gasteiger partial charge in [0.05, 0.1) is 6.04 Å². The third-order valence-corrected chi connectivity index (χ3v) is 4.48. The van der Waals surface area contributed by atoms with Gasteiger partial charge < -0.3 is 0 Å². The number of pyridine rings is 1. The molecule has 1 heterocycles. The van der Waals surface area contributed by atoms with Crippen LogP contribution in [-0.4, -0.2) is 4.98 Å². The quantitative estimate of drug-likeness (QED) is 0.674. The highest BCUT2D eigenvalue weighted by Gasteiger charge is 2.14. The van der Waals surface area contributed by atoms with Crippen molar-refractivity contribution in [3.63, 3.8) is 0 Å². The molecule has 0 aliphatic rings. The van der Waals surface area contributed by atoms with Gasteiger partial charge in [-0.1, -0.05) is 34.1 Å². The zero-order chi connectivity index (χ0) is 14.0. The molecule has 1 unspecified atom stereocenters. The van der Waals surface area contributed by atoms with Crippen LogP contribution in [-0.2, 0) is 0 Å². The molecule has 100 valence electrons. The fourth-order valence-corrected chi connectivity index (χ4v) is 2.41. The van der Waals surface area contributed by atoms with Crippen molar-refractivity contribution in [2.75, 3.05) is 0 Å². The predicted octanol–water partition coefficient (Wildman–Crippen LogP) is 3.32. The van der Waals surface area contributed by atoms with E-state index in [1.165, 1.54) is 11.1 Å². The highest BCUT2D eigenvalue weighted by atomic mass is 79.9. The molecule has 1 aromatic carbocycles. The van der Waals surface area contributed by atoms with Gasteiger partial charge in [-0.05, 0) is 49.1 Å². The molecule has 3 nitrogen and oxygen atoms in total. The lowest BCUT2D eigenvalue weighted by atomic mass is 9.97. The van der Waals surface area contributed by atoms with E-state index in [1.54, 1.807) is 0 Å². The summed E-state index contributed by atoms with van der Waals surface area (Å²) in [5, 5.41) is 0. The average molecular weight is 320 g/mol. The van der Waals surface area contributed by atoms with E-state index in [0.717, 1.165) is 21.3 Å². The molecular weight excluding hydrogens is 302 g/mol. The van der Waals surface area contributed by atoms with Gasteiger partial charge in [0, 0.05) is 16.4 Å². The summed E-state index contributed by atoms with van der Waals surface area (Å²) in [6.07, 6.45) is 1.87. The molecule has 1 aromatic heterocycles. The summed E-state index contributed by atoms with van der Waals surface area (Å²) in [7, 11) is 0. The van der Waals surface area contributed by atoms with E-state index in [0.29, 0.717) is 0 Å². The maximum atomic E-state index is 5.72. The number of nitrogens with one attached hydrogen (secondary N) is 1. The zero-order valence-corrected chi connectivity index (χ0v) is 13.0. The Bertz CT molecular complexity index is 555. The van der Waals surface area contributed by atoms with E-state index in [1.807, 2.05) is 19.2 Å². The highest BCUT2D eigenvalue weighted by Crippen LogP contribution is 2.28. The van der Waals surface area contributed by atoms with Gasteiger partial charge in [-0.3, -0.25) is 10.8 Å². The van der Waals surface area contributed by atoms with Crippen LogP contribution in [0.1, 0.15) is 34.0 Å². The number of hydrogen-bond acceptors (Lipinski definition) is 3. The minimum Gasteiger partial charge on any atom is -0.271 e. The molecule has 0 aliphatic carbocycles. The third-order valence-electron chi connectivity index (χ3n) is 3.23. The van der Waals surface area contributed by atoms with E-state index in [2.05, 4.69) is 58.4 Å². The van der Waals surface area contributed by atoms with Gasteiger partial charge in [0.1, 0.15) is 0 Å². The van der Waals surface area contributed by atoms with Crippen LogP contribution in [0.5, 0.6) is 0 Å². The standard InChI is InChI=1S/C15H18BrN3/c1-9-6-13(7-10(2)14(9)16)15(19-17)12-5-4-11(3)18-8-12/h4-8,15,19H,17H2,1-3H3. The fraction of sp³-hybridized carbons (Fsp3) is 0.267. The van der Waals surface area contributed by atoms with E-state index >= 15 is 0 Å². The van der Waals surface area contributed by atoms with Crippen molar-refractivity contribution < 1.29 is 0 Å². The Kier molecular flexibility index (Phi) is 4.34. The number of nitrogens with two attached hydrogens (primary N) is 1. The molecule has 0 spiro atoms. The Morgan fingerprint density at radius 1 is 1.11 bits per heavy atom. The Morgan fingerprint density at radius 2 is 1.74 bits per heavy atom. The maximum absolute atomic E-state index is 5.72. The third kappa shape index (κ3) is 3.03.